The van der Waals surface area contributed by atoms with Crippen molar-refractivity contribution in [1.82, 2.24) is 20.0 Å². The number of hydrogen-bond acceptors (Lipinski definition) is 9. The zero-order valence-electron chi connectivity index (χ0n) is 43.8. The Morgan fingerprint density at radius 3 is 1.49 bits per heavy atom. The van der Waals surface area contributed by atoms with Crippen LogP contribution in [0.1, 0.15) is 239 Å². The van der Waals surface area contributed by atoms with E-state index in [1.165, 1.54) is 109 Å². The fourth-order valence-electron chi connectivity index (χ4n) is 8.20. The lowest BCUT2D eigenvalue weighted by Crippen LogP contribution is -2.41. The van der Waals surface area contributed by atoms with E-state index in [0.29, 0.717) is 45.2 Å². The highest BCUT2D eigenvalue weighted by Crippen LogP contribution is 2.19. The number of ether oxygens (including phenoxy) is 3. The number of nitrogens with one attached hydrogen (secondary N) is 1. The van der Waals surface area contributed by atoms with Crippen LogP contribution >= 0.6 is 0 Å². The third-order valence-electron chi connectivity index (χ3n) is 12.5. The lowest BCUT2D eigenvalue weighted by Gasteiger charge is -2.24. The standard InChI is InChI=1S/C54H106N6O5/c1-7-10-13-16-19-28-35-47-64-52(61)39-31-24-20-26-33-42-60(44-36-41-56-54(57-50-55)59(6)46-49-63-48-45-58(4)5)43-34-27-21-25-32-40-53(62)65-51(37-29-22-17-14-11-8-2)38-30-23-18-15-12-9-3/h51H,7-49H2,1-6H3,(H,56,57). The Hall–Kier alpha value is -2.42. The van der Waals surface area contributed by atoms with Gasteiger partial charge in [0.2, 0.25) is 12.2 Å². The summed E-state index contributed by atoms with van der Waals surface area (Å²) in [6, 6.07) is 0. The first-order chi connectivity index (χ1) is 31.8. The van der Waals surface area contributed by atoms with Crippen molar-refractivity contribution < 1.29 is 23.8 Å². The van der Waals surface area contributed by atoms with Gasteiger partial charge in [0, 0.05) is 39.5 Å². The average Bonchev–Trinajstić information content (AvgIpc) is 3.29. The highest BCUT2D eigenvalue weighted by Gasteiger charge is 2.15. The third-order valence-corrected chi connectivity index (χ3v) is 12.5. The molecule has 0 aromatic heterocycles. The molecule has 0 heterocycles. The fraction of sp³-hybridized carbons (Fsp3) is 0.926. The molecular weight excluding hydrogens is 813 g/mol. The van der Waals surface area contributed by atoms with E-state index < -0.39 is 0 Å². The number of rotatable bonds is 49. The Bertz CT molecular complexity index is 1100. The van der Waals surface area contributed by atoms with Crippen molar-refractivity contribution in [3.63, 3.8) is 0 Å². The highest BCUT2D eigenvalue weighted by atomic mass is 16.5. The molecule has 0 radical (unpaired) electrons. The number of carbonyl (C=O) groups is 2. The zero-order chi connectivity index (χ0) is 47.7. The molecule has 0 saturated heterocycles. The van der Waals surface area contributed by atoms with Crippen LogP contribution in [0.15, 0.2) is 4.99 Å². The Balaban J connectivity index is 4.76. The van der Waals surface area contributed by atoms with Crippen molar-refractivity contribution in [2.45, 2.75) is 245 Å². The van der Waals surface area contributed by atoms with E-state index in [9.17, 15) is 14.9 Å². The van der Waals surface area contributed by atoms with Gasteiger partial charge in [-0.25, -0.2) is 0 Å². The molecule has 0 atom stereocenters. The second kappa shape index (κ2) is 49.5. The molecule has 11 heteroatoms. The minimum Gasteiger partial charge on any atom is -0.466 e. The van der Waals surface area contributed by atoms with Crippen LogP contribution in [0.4, 0.5) is 0 Å². The van der Waals surface area contributed by atoms with Gasteiger partial charge in [-0.05, 0) is 97.9 Å². The quantitative estimate of drug-likeness (QED) is 0.0208. The molecule has 0 saturated carbocycles. The number of esters is 2. The maximum Gasteiger partial charge on any atom is 0.306 e. The summed E-state index contributed by atoms with van der Waals surface area (Å²) in [6.07, 6.45) is 40.9. The smallest absolute Gasteiger partial charge is 0.306 e. The van der Waals surface area contributed by atoms with Gasteiger partial charge in [-0.2, -0.15) is 5.26 Å². The van der Waals surface area contributed by atoms with Crippen molar-refractivity contribution in [3.8, 4) is 6.19 Å². The maximum atomic E-state index is 12.9. The highest BCUT2D eigenvalue weighted by molar-refractivity contribution is 5.80. The average molecular weight is 919 g/mol. The van der Waals surface area contributed by atoms with E-state index in [0.717, 1.165) is 129 Å². The van der Waals surface area contributed by atoms with Crippen LogP contribution in [0, 0.1) is 11.5 Å². The SMILES string of the molecule is CCCCCCCCCOC(=O)CCCCCCCN(CCCCCCCC(=O)OC(CCCCCCCC)CCCCCCCC)CCCN/C(=N/C#N)N(C)CCOCCN(C)C. The van der Waals surface area contributed by atoms with Crippen LogP contribution in [0.5, 0.6) is 0 Å². The number of nitrogens with zero attached hydrogens (tertiary/aromatic N) is 5. The van der Waals surface area contributed by atoms with Crippen LogP contribution in [0.3, 0.4) is 0 Å². The summed E-state index contributed by atoms with van der Waals surface area (Å²) in [5, 5.41) is 12.7. The van der Waals surface area contributed by atoms with Crippen LogP contribution in [0.25, 0.3) is 0 Å². The molecule has 0 unspecified atom stereocenters. The molecule has 0 aliphatic rings. The van der Waals surface area contributed by atoms with Crippen molar-refractivity contribution in [2.75, 3.05) is 80.2 Å². The van der Waals surface area contributed by atoms with Crippen molar-refractivity contribution in [1.29, 1.82) is 5.26 Å². The van der Waals surface area contributed by atoms with Crippen LogP contribution in [0.2, 0.25) is 0 Å². The summed E-state index contributed by atoms with van der Waals surface area (Å²) in [7, 11) is 6.01. The predicted octanol–water partition coefficient (Wildman–Crippen LogP) is 13.0. The van der Waals surface area contributed by atoms with Gasteiger partial charge in [-0.15, -0.1) is 4.99 Å². The van der Waals surface area contributed by atoms with Gasteiger partial charge in [0.05, 0.1) is 19.8 Å². The van der Waals surface area contributed by atoms with E-state index in [2.05, 4.69) is 40.9 Å². The van der Waals surface area contributed by atoms with E-state index in [1.807, 2.05) is 32.2 Å². The Morgan fingerprint density at radius 2 is 0.969 bits per heavy atom. The summed E-state index contributed by atoms with van der Waals surface area (Å²) >= 11 is 0. The molecule has 0 fully saturated rings. The molecule has 65 heavy (non-hydrogen) atoms. The molecule has 0 rings (SSSR count). The molecule has 11 nitrogen and oxygen atoms in total. The molecule has 0 aromatic carbocycles. The number of likely N-dealkylation sites (N-methyl/N-ethyl adjacent to an activating group) is 2. The van der Waals surface area contributed by atoms with Crippen molar-refractivity contribution >= 4 is 17.9 Å². The predicted molar refractivity (Wildman–Crippen MR) is 274 cm³/mol. The number of aliphatic imine (C=N–C) groups is 1. The van der Waals surface area contributed by atoms with Crippen LogP contribution in [-0.4, -0.2) is 119 Å². The van der Waals surface area contributed by atoms with E-state index in [-0.39, 0.29) is 18.0 Å². The first kappa shape index (κ1) is 62.6. The minimum absolute atomic E-state index is 0.00740. The number of unbranched alkanes of at least 4 members (excludes halogenated alkanes) is 24. The first-order valence-electron chi connectivity index (χ1n) is 27.5. The zero-order valence-corrected chi connectivity index (χ0v) is 43.8. The lowest BCUT2D eigenvalue weighted by atomic mass is 10.0. The minimum atomic E-state index is -0.0375. The summed E-state index contributed by atoms with van der Waals surface area (Å²) in [5.41, 5.74) is 0. The second-order valence-electron chi connectivity index (χ2n) is 19.1. The summed E-state index contributed by atoms with van der Waals surface area (Å²) in [4.78, 5) is 35.8. The number of guanidine groups is 1. The van der Waals surface area contributed by atoms with Crippen molar-refractivity contribution in [3.05, 3.63) is 0 Å². The van der Waals surface area contributed by atoms with E-state index in [1.54, 1.807) is 0 Å². The van der Waals surface area contributed by atoms with E-state index in [4.69, 9.17) is 14.2 Å². The van der Waals surface area contributed by atoms with Gasteiger partial charge in [0.1, 0.15) is 6.10 Å². The number of nitriles is 1. The number of hydrogen-bond donors (Lipinski definition) is 1. The molecule has 382 valence electrons. The topological polar surface area (TPSA) is 120 Å². The molecule has 0 aliphatic heterocycles. The lowest BCUT2D eigenvalue weighted by molar-refractivity contribution is -0.150. The Labute approximate surface area is 402 Å². The molecule has 0 bridgehead atoms. The summed E-state index contributed by atoms with van der Waals surface area (Å²) < 4.78 is 17.3. The van der Waals surface area contributed by atoms with Crippen LogP contribution < -0.4 is 5.32 Å². The normalized spacial score (nSPS) is 11.8. The Kier molecular flexibility index (Phi) is 47.6. The molecular formula is C54H106N6O5. The Morgan fingerprint density at radius 1 is 0.523 bits per heavy atom. The molecule has 0 spiro atoms. The first-order valence-corrected chi connectivity index (χ1v) is 27.5. The fourth-order valence-corrected chi connectivity index (χ4v) is 8.20. The maximum absolute atomic E-state index is 12.9. The van der Waals surface area contributed by atoms with Gasteiger partial charge in [0.15, 0.2) is 0 Å². The molecule has 0 aromatic rings. The second-order valence-corrected chi connectivity index (χ2v) is 19.1. The van der Waals surface area contributed by atoms with E-state index >= 15 is 0 Å². The largest absolute Gasteiger partial charge is 0.466 e. The van der Waals surface area contributed by atoms with Gasteiger partial charge in [-0.3, -0.25) is 9.59 Å². The van der Waals surface area contributed by atoms with Crippen molar-refractivity contribution in [2.24, 2.45) is 4.99 Å². The summed E-state index contributed by atoms with van der Waals surface area (Å²) in [6.45, 7) is 14.0. The van der Waals surface area contributed by atoms with Gasteiger partial charge >= 0.3 is 11.9 Å². The number of carbonyl (C=O) groups excluding carboxylic acids is 2. The van der Waals surface area contributed by atoms with Crippen LogP contribution in [-0.2, 0) is 23.8 Å². The molecule has 0 aliphatic carbocycles. The molecule has 1 N–H and O–H groups in total. The monoisotopic (exact) mass is 919 g/mol. The van der Waals surface area contributed by atoms with Gasteiger partial charge < -0.3 is 34.2 Å². The third kappa shape index (κ3) is 45.2. The summed E-state index contributed by atoms with van der Waals surface area (Å²) in [5.74, 6) is 0.560. The van der Waals surface area contributed by atoms with Gasteiger partial charge in [0.25, 0.3) is 0 Å². The van der Waals surface area contributed by atoms with Gasteiger partial charge in [-0.1, -0.05) is 162 Å². The molecule has 0 amide bonds.